The molecule has 0 bridgehead atoms. The minimum atomic E-state index is -2.22. The highest BCUT2D eigenvalue weighted by atomic mass is 16.5. The zero-order valence-corrected chi connectivity index (χ0v) is 11.1. The van der Waals surface area contributed by atoms with Gasteiger partial charge in [-0.05, 0) is 6.92 Å². The molecule has 0 rings (SSSR count). The zero-order valence-electron chi connectivity index (χ0n) is 11.1. The SMILES string of the molecule is COC(=O)[C@H](C#N)[C@](C#N)(C(=O)OC)[C@H](C)C(C)=O. The van der Waals surface area contributed by atoms with Crippen molar-refractivity contribution in [2.45, 2.75) is 13.8 Å². The third-order valence-corrected chi connectivity index (χ3v) is 3.02. The number of esters is 2. The molecule has 0 aromatic carbocycles. The second-order valence-electron chi connectivity index (χ2n) is 3.89. The smallest absolute Gasteiger partial charge is 0.328 e. The van der Waals surface area contributed by atoms with E-state index >= 15 is 0 Å². The predicted molar refractivity (Wildman–Crippen MR) is 61.0 cm³/mol. The zero-order chi connectivity index (χ0) is 15.2. The van der Waals surface area contributed by atoms with Crippen LogP contribution in [0.5, 0.6) is 0 Å². The number of ether oxygens (including phenoxy) is 2. The average molecular weight is 266 g/mol. The Kier molecular flexibility index (Phi) is 5.68. The first-order valence-corrected chi connectivity index (χ1v) is 5.31. The molecule has 0 radical (unpaired) electrons. The molecule has 0 unspecified atom stereocenters. The van der Waals surface area contributed by atoms with Crippen molar-refractivity contribution in [1.82, 2.24) is 0 Å². The van der Waals surface area contributed by atoms with Crippen molar-refractivity contribution in [3.05, 3.63) is 0 Å². The van der Waals surface area contributed by atoms with E-state index in [1.54, 1.807) is 12.1 Å². The van der Waals surface area contributed by atoms with Crippen molar-refractivity contribution in [2.24, 2.45) is 17.3 Å². The van der Waals surface area contributed by atoms with Gasteiger partial charge in [0.15, 0.2) is 11.3 Å². The van der Waals surface area contributed by atoms with Gasteiger partial charge >= 0.3 is 11.9 Å². The summed E-state index contributed by atoms with van der Waals surface area (Å²) in [6.45, 7) is 2.45. The first-order chi connectivity index (χ1) is 8.83. The second-order valence-corrected chi connectivity index (χ2v) is 3.89. The minimum Gasteiger partial charge on any atom is -0.468 e. The molecule has 0 aliphatic carbocycles. The molecule has 102 valence electrons. The van der Waals surface area contributed by atoms with Crippen LogP contribution in [0.3, 0.4) is 0 Å². The van der Waals surface area contributed by atoms with Crippen molar-refractivity contribution in [1.29, 1.82) is 10.5 Å². The molecular weight excluding hydrogens is 252 g/mol. The van der Waals surface area contributed by atoms with Gasteiger partial charge in [0.25, 0.3) is 0 Å². The number of rotatable bonds is 5. The van der Waals surface area contributed by atoms with E-state index in [0.29, 0.717) is 0 Å². The van der Waals surface area contributed by atoms with E-state index < -0.39 is 35.0 Å². The van der Waals surface area contributed by atoms with Crippen LogP contribution in [0.25, 0.3) is 0 Å². The quantitative estimate of drug-likeness (QED) is 0.652. The summed E-state index contributed by atoms with van der Waals surface area (Å²) in [5.74, 6) is -5.63. The summed E-state index contributed by atoms with van der Waals surface area (Å²) in [6, 6.07) is 3.14. The highest BCUT2D eigenvalue weighted by molar-refractivity contribution is 5.95. The minimum absolute atomic E-state index is 0.517. The van der Waals surface area contributed by atoms with Crippen LogP contribution in [0, 0.1) is 39.9 Å². The Morgan fingerprint density at radius 1 is 1.16 bits per heavy atom. The monoisotopic (exact) mass is 266 g/mol. The molecular formula is C12H14N2O5. The highest BCUT2D eigenvalue weighted by Crippen LogP contribution is 2.38. The standard InChI is InChI=1S/C12H14N2O5/c1-7(8(2)15)12(6-14,11(17)19-4)9(5-13)10(16)18-3/h7,9H,1-4H3/t7-,9+,12-/m1/s1. The van der Waals surface area contributed by atoms with Gasteiger partial charge in [0, 0.05) is 5.92 Å². The summed E-state index contributed by atoms with van der Waals surface area (Å²) in [5, 5.41) is 18.3. The number of hydrogen-bond donors (Lipinski definition) is 0. The van der Waals surface area contributed by atoms with Crippen molar-refractivity contribution >= 4 is 17.7 Å². The van der Waals surface area contributed by atoms with E-state index in [9.17, 15) is 19.6 Å². The fourth-order valence-corrected chi connectivity index (χ4v) is 1.70. The number of nitriles is 2. The van der Waals surface area contributed by atoms with Crippen molar-refractivity contribution in [3.63, 3.8) is 0 Å². The number of Topliss-reactive ketones (excluding diaryl/α,β-unsaturated/α-hetero) is 1. The van der Waals surface area contributed by atoms with E-state index in [0.717, 1.165) is 21.1 Å². The molecule has 0 amide bonds. The van der Waals surface area contributed by atoms with Gasteiger partial charge in [0.2, 0.25) is 0 Å². The second kappa shape index (κ2) is 6.50. The maximum absolute atomic E-state index is 11.9. The molecule has 0 aromatic rings. The lowest BCUT2D eigenvalue weighted by Gasteiger charge is -2.30. The average Bonchev–Trinajstić information content (AvgIpc) is 2.42. The Morgan fingerprint density at radius 2 is 1.68 bits per heavy atom. The van der Waals surface area contributed by atoms with Gasteiger partial charge in [0.05, 0.1) is 26.4 Å². The maximum Gasteiger partial charge on any atom is 0.328 e. The summed E-state index contributed by atoms with van der Waals surface area (Å²) in [6.07, 6.45) is 0. The maximum atomic E-state index is 11.9. The van der Waals surface area contributed by atoms with Gasteiger partial charge in [-0.2, -0.15) is 10.5 Å². The molecule has 0 aromatic heterocycles. The van der Waals surface area contributed by atoms with Crippen LogP contribution < -0.4 is 0 Å². The lowest BCUT2D eigenvalue weighted by molar-refractivity contribution is -0.164. The molecule has 0 spiro atoms. The van der Waals surface area contributed by atoms with E-state index in [1.165, 1.54) is 6.92 Å². The van der Waals surface area contributed by atoms with Crippen molar-refractivity contribution in [2.75, 3.05) is 14.2 Å². The van der Waals surface area contributed by atoms with Gasteiger partial charge in [-0.1, -0.05) is 6.92 Å². The Balaban J connectivity index is 6.10. The van der Waals surface area contributed by atoms with Crippen LogP contribution in [0.4, 0.5) is 0 Å². The largest absolute Gasteiger partial charge is 0.468 e. The normalized spacial score (nSPS) is 15.9. The van der Waals surface area contributed by atoms with Crippen molar-refractivity contribution in [3.8, 4) is 12.1 Å². The van der Waals surface area contributed by atoms with Crippen molar-refractivity contribution < 1.29 is 23.9 Å². The highest BCUT2D eigenvalue weighted by Gasteiger charge is 2.57. The van der Waals surface area contributed by atoms with E-state index in [4.69, 9.17) is 5.26 Å². The Labute approximate surface area is 110 Å². The molecule has 0 aliphatic rings. The summed E-state index contributed by atoms with van der Waals surface area (Å²) in [4.78, 5) is 34.9. The first kappa shape index (κ1) is 16.6. The summed E-state index contributed by atoms with van der Waals surface area (Å²) < 4.78 is 8.89. The van der Waals surface area contributed by atoms with E-state index in [1.807, 2.05) is 0 Å². The molecule has 0 aliphatic heterocycles. The predicted octanol–water partition coefficient (Wildman–Crippen LogP) is 0.207. The molecule has 0 saturated heterocycles. The Morgan fingerprint density at radius 3 is 1.95 bits per heavy atom. The fraction of sp³-hybridized carbons (Fsp3) is 0.583. The van der Waals surface area contributed by atoms with Gasteiger partial charge in [-0.15, -0.1) is 0 Å². The number of hydrogen-bond acceptors (Lipinski definition) is 7. The van der Waals surface area contributed by atoms with Crippen LogP contribution in [0.2, 0.25) is 0 Å². The van der Waals surface area contributed by atoms with Crippen LogP contribution >= 0.6 is 0 Å². The molecule has 3 atom stereocenters. The lowest BCUT2D eigenvalue weighted by Crippen LogP contribution is -2.49. The van der Waals surface area contributed by atoms with E-state index in [-0.39, 0.29) is 0 Å². The molecule has 0 saturated carbocycles. The van der Waals surface area contributed by atoms with Gasteiger partial charge in [-0.25, -0.2) is 0 Å². The number of carbonyl (C=O) groups excluding carboxylic acids is 3. The number of carbonyl (C=O) groups is 3. The number of ketones is 1. The third-order valence-electron chi connectivity index (χ3n) is 3.02. The third kappa shape index (κ3) is 2.71. The first-order valence-electron chi connectivity index (χ1n) is 5.31. The molecule has 7 heteroatoms. The summed E-state index contributed by atoms with van der Waals surface area (Å²) >= 11 is 0. The molecule has 0 heterocycles. The number of nitrogens with zero attached hydrogens (tertiary/aromatic N) is 2. The molecule has 7 nitrogen and oxygen atoms in total. The van der Waals surface area contributed by atoms with E-state index in [2.05, 4.69) is 9.47 Å². The molecule has 0 fully saturated rings. The van der Waals surface area contributed by atoms with Gasteiger partial charge < -0.3 is 9.47 Å². The number of methoxy groups -OCH3 is 2. The Bertz CT molecular complexity index is 473. The van der Waals surface area contributed by atoms with Crippen LogP contribution in [-0.4, -0.2) is 31.9 Å². The summed E-state index contributed by atoms with van der Waals surface area (Å²) in [5.41, 5.74) is -2.22. The molecule has 0 N–H and O–H groups in total. The summed E-state index contributed by atoms with van der Waals surface area (Å²) in [7, 11) is 2.03. The van der Waals surface area contributed by atoms with Gasteiger partial charge in [-0.3, -0.25) is 14.4 Å². The fourth-order valence-electron chi connectivity index (χ4n) is 1.70. The van der Waals surface area contributed by atoms with Crippen LogP contribution in [0.1, 0.15) is 13.8 Å². The molecule has 19 heavy (non-hydrogen) atoms. The lowest BCUT2D eigenvalue weighted by atomic mass is 9.67. The van der Waals surface area contributed by atoms with Crippen LogP contribution in [0.15, 0.2) is 0 Å². The van der Waals surface area contributed by atoms with Gasteiger partial charge in [0.1, 0.15) is 5.78 Å². The topological polar surface area (TPSA) is 117 Å². The Hall–Kier alpha value is -2.41. The van der Waals surface area contributed by atoms with Crippen LogP contribution in [-0.2, 0) is 23.9 Å².